The van der Waals surface area contributed by atoms with Crippen LogP contribution in [0.5, 0.6) is 5.75 Å². The van der Waals surface area contributed by atoms with Crippen molar-refractivity contribution >= 4 is 22.7 Å². The zero-order chi connectivity index (χ0) is 14.1. The van der Waals surface area contributed by atoms with Crippen molar-refractivity contribution < 1.29 is 24.2 Å². The lowest BCUT2D eigenvalue weighted by molar-refractivity contribution is -0.145. The number of aromatic hydroxyl groups is 1. The van der Waals surface area contributed by atoms with E-state index >= 15 is 0 Å². The number of phenolic OH excluding ortho intramolecular Hbond substituents is 1. The smallest absolute Gasteiger partial charge is 0.347 e. The van der Waals surface area contributed by atoms with Crippen LogP contribution in [-0.2, 0) is 14.3 Å². The predicted molar refractivity (Wildman–Crippen MR) is 70.4 cm³/mol. The van der Waals surface area contributed by atoms with Crippen molar-refractivity contribution in [1.29, 1.82) is 0 Å². The van der Waals surface area contributed by atoms with Crippen LogP contribution >= 0.6 is 0 Å². The highest BCUT2D eigenvalue weighted by atomic mass is 16.6. The van der Waals surface area contributed by atoms with Gasteiger partial charge in [0.2, 0.25) is 6.10 Å². The number of hydrogen-bond acceptors (Lipinski definition) is 5. The normalized spacial score (nSPS) is 18.0. The molecule has 0 spiro atoms. The molecule has 3 rings (SSSR count). The number of phenols is 1. The second-order valence-electron chi connectivity index (χ2n) is 4.57. The first kappa shape index (κ1) is 12.5. The summed E-state index contributed by atoms with van der Waals surface area (Å²) in [6, 6.07) is 10.4. The van der Waals surface area contributed by atoms with Crippen LogP contribution in [-0.4, -0.2) is 29.8 Å². The van der Waals surface area contributed by atoms with Crippen LogP contribution < -0.4 is 0 Å². The van der Waals surface area contributed by atoms with Crippen molar-refractivity contribution in [3.63, 3.8) is 0 Å². The Morgan fingerprint density at radius 3 is 2.60 bits per heavy atom. The lowest BCUT2D eigenvalue weighted by Gasteiger charge is -2.10. The van der Waals surface area contributed by atoms with Gasteiger partial charge in [0, 0.05) is 6.42 Å². The van der Waals surface area contributed by atoms with Gasteiger partial charge >= 0.3 is 11.9 Å². The van der Waals surface area contributed by atoms with Crippen LogP contribution in [0, 0.1) is 0 Å². The van der Waals surface area contributed by atoms with E-state index in [2.05, 4.69) is 0 Å². The molecule has 2 aromatic carbocycles. The number of rotatable bonds is 2. The summed E-state index contributed by atoms with van der Waals surface area (Å²) in [5.41, 5.74) is 0.0448. The number of fused-ring (bicyclic) bond motifs is 1. The Labute approximate surface area is 114 Å². The van der Waals surface area contributed by atoms with E-state index in [1.165, 1.54) is 6.07 Å². The van der Waals surface area contributed by atoms with Gasteiger partial charge in [0.1, 0.15) is 11.3 Å². The van der Waals surface area contributed by atoms with Crippen LogP contribution in [0.25, 0.3) is 10.8 Å². The zero-order valence-corrected chi connectivity index (χ0v) is 10.5. The van der Waals surface area contributed by atoms with Crippen molar-refractivity contribution in [3.05, 3.63) is 42.0 Å². The summed E-state index contributed by atoms with van der Waals surface area (Å²) in [4.78, 5) is 23.3. The van der Waals surface area contributed by atoms with Gasteiger partial charge in [-0.1, -0.05) is 24.3 Å². The Hall–Kier alpha value is -2.56. The molecule has 0 bridgehead atoms. The lowest BCUT2D eigenvalue weighted by atomic mass is 10.1. The van der Waals surface area contributed by atoms with E-state index in [4.69, 9.17) is 9.47 Å². The molecule has 20 heavy (non-hydrogen) atoms. The van der Waals surface area contributed by atoms with Crippen LogP contribution in [0.3, 0.4) is 0 Å². The third kappa shape index (κ3) is 2.18. The summed E-state index contributed by atoms with van der Waals surface area (Å²) in [6.45, 7) is 0.250. The second-order valence-corrected chi connectivity index (χ2v) is 4.57. The van der Waals surface area contributed by atoms with Crippen LogP contribution in [0.4, 0.5) is 0 Å². The highest BCUT2D eigenvalue weighted by molar-refractivity contribution is 5.99. The van der Waals surface area contributed by atoms with Crippen molar-refractivity contribution in [3.8, 4) is 5.75 Å². The molecule has 1 fully saturated rings. The standard InChI is InChI=1S/C15H12O5/c16-12-8-10-4-2-1-3-9(10)7-11(12)14(17)20-13-5-6-19-15(13)18/h1-4,7-8,13,16H,5-6H2/t13-/m0/s1. The molecule has 1 aliphatic heterocycles. The molecule has 2 aromatic rings. The van der Waals surface area contributed by atoms with Gasteiger partial charge in [-0.25, -0.2) is 9.59 Å². The molecule has 0 unspecified atom stereocenters. The first-order valence-corrected chi connectivity index (χ1v) is 6.24. The molecule has 0 saturated carbocycles. The van der Waals surface area contributed by atoms with Gasteiger partial charge in [-0.15, -0.1) is 0 Å². The fraction of sp³-hybridized carbons (Fsp3) is 0.200. The average Bonchev–Trinajstić information content (AvgIpc) is 2.83. The van der Waals surface area contributed by atoms with Gasteiger partial charge in [0.15, 0.2) is 0 Å². The monoisotopic (exact) mass is 272 g/mol. The number of esters is 2. The molecule has 1 heterocycles. The van der Waals surface area contributed by atoms with E-state index in [9.17, 15) is 14.7 Å². The molecular formula is C15H12O5. The fourth-order valence-corrected chi connectivity index (χ4v) is 2.17. The van der Waals surface area contributed by atoms with E-state index in [1.807, 2.05) is 24.3 Å². The summed E-state index contributed by atoms with van der Waals surface area (Å²) in [5, 5.41) is 11.5. The number of hydrogen-bond donors (Lipinski definition) is 1. The van der Waals surface area contributed by atoms with Gasteiger partial charge in [-0.05, 0) is 22.9 Å². The fourth-order valence-electron chi connectivity index (χ4n) is 2.17. The van der Waals surface area contributed by atoms with Crippen LogP contribution in [0.15, 0.2) is 36.4 Å². The lowest BCUT2D eigenvalue weighted by Crippen LogP contribution is -2.22. The van der Waals surface area contributed by atoms with Gasteiger partial charge in [0.05, 0.1) is 6.61 Å². The minimum absolute atomic E-state index is 0.0448. The van der Waals surface area contributed by atoms with Crippen molar-refractivity contribution in [2.24, 2.45) is 0 Å². The number of cyclic esters (lactones) is 1. The second kappa shape index (κ2) is 4.85. The maximum absolute atomic E-state index is 12.0. The van der Waals surface area contributed by atoms with Gasteiger partial charge in [0.25, 0.3) is 0 Å². The van der Waals surface area contributed by atoms with E-state index in [0.717, 1.165) is 10.8 Å². The molecule has 0 aromatic heterocycles. The molecule has 1 atom stereocenters. The summed E-state index contributed by atoms with van der Waals surface area (Å²) < 4.78 is 9.79. The maximum Gasteiger partial charge on any atom is 0.347 e. The third-order valence-electron chi connectivity index (χ3n) is 3.22. The molecule has 102 valence electrons. The number of carbonyl (C=O) groups excluding carboxylic acids is 2. The maximum atomic E-state index is 12.0. The number of benzene rings is 2. The average molecular weight is 272 g/mol. The summed E-state index contributed by atoms with van der Waals surface area (Å²) in [6.07, 6.45) is -0.535. The molecule has 0 radical (unpaired) electrons. The minimum Gasteiger partial charge on any atom is -0.507 e. The Kier molecular flexibility index (Phi) is 3.02. The summed E-state index contributed by atoms with van der Waals surface area (Å²) >= 11 is 0. The van der Waals surface area contributed by atoms with Crippen molar-refractivity contribution in [1.82, 2.24) is 0 Å². The molecular weight excluding hydrogens is 260 g/mol. The first-order chi connectivity index (χ1) is 9.65. The van der Waals surface area contributed by atoms with Gasteiger partial charge < -0.3 is 14.6 Å². The van der Waals surface area contributed by atoms with Crippen LogP contribution in [0.1, 0.15) is 16.8 Å². The van der Waals surface area contributed by atoms with Gasteiger partial charge in [-0.2, -0.15) is 0 Å². The van der Waals surface area contributed by atoms with E-state index < -0.39 is 18.0 Å². The summed E-state index contributed by atoms with van der Waals surface area (Å²) in [5.74, 6) is -1.43. The molecule has 0 amide bonds. The SMILES string of the molecule is O=C(O[C@H]1CCOC1=O)c1cc2ccccc2cc1O. The molecule has 1 aliphatic rings. The summed E-state index contributed by atoms with van der Waals surface area (Å²) in [7, 11) is 0. The van der Waals surface area contributed by atoms with E-state index in [-0.39, 0.29) is 17.9 Å². The Bertz CT molecular complexity index is 692. The van der Waals surface area contributed by atoms with Gasteiger partial charge in [-0.3, -0.25) is 0 Å². The molecule has 1 saturated heterocycles. The van der Waals surface area contributed by atoms with E-state index in [0.29, 0.717) is 6.42 Å². The Morgan fingerprint density at radius 2 is 1.95 bits per heavy atom. The highest BCUT2D eigenvalue weighted by Crippen LogP contribution is 2.26. The first-order valence-electron chi connectivity index (χ1n) is 6.24. The predicted octanol–water partition coefficient (Wildman–Crippen LogP) is 2.02. The number of carbonyl (C=O) groups is 2. The third-order valence-corrected chi connectivity index (χ3v) is 3.22. The topological polar surface area (TPSA) is 72.8 Å². The Balaban J connectivity index is 1.90. The molecule has 5 nitrogen and oxygen atoms in total. The molecule has 0 aliphatic carbocycles. The largest absolute Gasteiger partial charge is 0.507 e. The molecule has 5 heteroatoms. The number of ether oxygens (including phenoxy) is 2. The van der Waals surface area contributed by atoms with Crippen LogP contribution in [0.2, 0.25) is 0 Å². The van der Waals surface area contributed by atoms with Crippen molar-refractivity contribution in [2.75, 3.05) is 6.61 Å². The van der Waals surface area contributed by atoms with E-state index in [1.54, 1.807) is 6.07 Å². The zero-order valence-electron chi connectivity index (χ0n) is 10.5. The quantitative estimate of drug-likeness (QED) is 0.847. The Morgan fingerprint density at radius 1 is 1.25 bits per heavy atom. The minimum atomic E-state index is -0.881. The highest BCUT2D eigenvalue weighted by Gasteiger charge is 2.31. The molecule has 1 N–H and O–H groups in total. The van der Waals surface area contributed by atoms with Crippen molar-refractivity contribution in [2.45, 2.75) is 12.5 Å².